The summed E-state index contributed by atoms with van der Waals surface area (Å²) in [4.78, 5) is 22.2. The zero-order valence-electron chi connectivity index (χ0n) is 16.2. The van der Waals surface area contributed by atoms with E-state index in [0.717, 1.165) is 22.3 Å². The van der Waals surface area contributed by atoms with Gasteiger partial charge in [-0.3, -0.25) is 4.79 Å². The smallest absolute Gasteiger partial charge is 0.221 e. The first kappa shape index (κ1) is 17.9. The number of carbonyl (C=O) groups is 1. The molecule has 0 saturated carbocycles. The minimum atomic E-state index is -0.0549. The third-order valence-electron chi connectivity index (χ3n) is 4.84. The number of allylic oxidation sites excluding steroid dienone is 4. The number of carbonyl (C=O) groups excluding carboxylic acids is 1. The van der Waals surface area contributed by atoms with Crippen molar-refractivity contribution in [3.8, 4) is 22.5 Å². The average molecular weight is 367 g/mol. The fourth-order valence-electron chi connectivity index (χ4n) is 3.52. The highest BCUT2D eigenvalue weighted by molar-refractivity contribution is 6.24. The van der Waals surface area contributed by atoms with Gasteiger partial charge >= 0.3 is 0 Å². The normalized spacial score (nSPS) is 12.5. The minimum absolute atomic E-state index is 0.0549. The summed E-state index contributed by atoms with van der Waals surface area (Å²) in [6.07, 6.45) is 4.13. The molecule has 1 aliphatic carbocycles. The van der Waals surface area contributed by atoms with Crippen molar-refractivity contribution in [1.29, 1.82) is 0 Å². The Hall–Kier alpha value is -3.53. The lowest BCUT2D eigenvalue weighted by molar-refractivity contribution is 0.104. The minimum Gasteiger partial charge on any atom is -0.368 e. The van der Waals surface area contributed by atoms with Gasteiger partial charge in [0, 0.05) is 16.7 Å². The molecule has 4 rings (SSSR count). The van der Waals surface area contributed by atoms with Gasteiger partial charge in [0.15, 0.2) is 5.78 Å². The van der Waals surface area contributed by atoms with Crippen LogP contribution in [0.15, 0.2) is 66.3 Å². The molecule has 1 aliphatic rings. The summed E-state index contributed by atoms with van der Waals surface area (Å²) in [6, 6.07) is 15.4. The van der Waals surface area contributed by atoms with Crippen LogP contribution in [0, 0.1) is 0 Å². The van der Waals surface area contributed by atoms with E-state index in [4.69, 9.17) is 5.73 Å². The van der Waals surface area contributed by atoms with E-state index in [1.165, 1.54) is 5.57 Å². The molecule has 3 aromatic rings. The summed E-state index contributed by atoms with van der Waals surface area (Å²) in [5.74, 6) is 0.111. The van der Waals surface area contributed by atoms with Crippen molar-refractivity contribution in [2.45, 2.75) is 20.8 Å². The zero-order valence-corrected chi connectivity index (χ0v) is 16.2. The van der Waals surface area contributed by atoms with Crippen LogP contribution < -0.4 is 5.73 Å². The van der Waals surface area contributed by atoms with E-state index < -0.39 is 0 Å². The Morgan fingerprint density at radius 2 is 1.57 bits per heavy atom. The van der Waals surface area contributed by atoms with Crippen LogP contribution in [0.3, 0.4) is 0 Å². The van der Waals surface area contributed by atoms with Gasteiger partial charge in [-0.25, -0.2) is 9.97 Å². The quantitative estimate of drug-likeness (QED) is 0.498. The van der Waals surface area contributed by atoms with Gasteiger partial charge in [-0.2, -0.15) is 0 Å². The van der Waals surface area contributed by atoms with Crippen molar-refractivity contribution < 1.29 is 4.79 Å². The van der Waals surface area contributed by atoms with Crippen LogP contribution >= 0.6 is 0 Å². The first-order chi connectivity index (χ1) is 13.5. The predicted molar refractivity (Wildman–Crippen MR) is 114 cm³/mol. The zero-order chi connectivity index (χ0) is 19.8. The van der Waals surface area contributed by atoms with Gasteiger partial charge in [-0.15, -0.1) is 0 Å². The number of rotatable bonds is 3. The van der Waals surface area contributed by atoms with Crippen LogP contribution in [0.2, 0.25) is 0 Å². The summed E-state index contributed by atoms with van der Waals surface area (Å²) < 4.78 is 0. The van der Waals surface area contributed by atoms with E-state index in [1.54, 1.807) is 0 Å². The second-order valence-corrected chi connectivity index (χ2v) is 7.17. The summed E-state index contributed by atoms with van der Waals surface area (Å²) in [6.45, 7) is 6.15. The number of anilines is 1. The van der Waals surface area contributed by atoms with Gasteiger partial charge in [-0.1, -0.05) is 66.3 Å². The van der Waals surface area contributed by atoms with Gasteiger partial charge in [0.05, 0.1) is 17.0 Å². The Labute approximate surface area is 164 Å². The highest BCUT2D eigenvalue weighted by Gasteiger charge is 2.34. The number of aromatic nitrogens is 2. The SMILES string of the molecule is CC(C)=C/C=C(\C)c1cccc2c1-c1nc(N)nc(-c3ccccc3)c1C2=O. The maximum atomic E-state index is 13.3. The standard InChI is InChI=1S/C24H21N3O/c1-14(2)12-13-15(3)17-10-7-11-18-19(17)22-20(23(18)28)21(26-24(25)27-22)16-8-5-4-6-9-16/h4-13H,1-3H3,(H2,25,26,27)/b15-13+. The van der Waals surface area contributed by atoms with Gasteiger partial charge in [0.1, 0.15) is 0 Å². The molecule has 0 unspecified atom stereocenters. The summed E-state index contributed by atoms with van der Waals surface area (Å²) in [7, 11) is 0. The fraction of sp³-hybridized carbons (Fsp3) is 0.125. The highest BCUT2D eigenvalue weighted by Crippen LogP contribution is 2.43. The summed E-state index contributed by atoms with van der Waals surface area (Å²) in [5.41, 5.74) is 13.4. The summed E-state index contributed by atoms with van der Waals surface area (Å²) in [5, 5.41) is 0. The first-order valence-electron chi connectivity index (χ1n) is 9.20. The summed E-state index contributed by atoms with van der Waals surface area (Å²) >= 11 is 0. The Bertz CT molecular complexity index is 1150. The van der Waals surface area contributed by atoms with Crippen LogP contribution in [-0.2, 0) is 0 Å². The number of fused-ring (bicyclic) bond motifs is 3. The van der Waals surface area contributed by atoms with Gasteiger partial charge in [-0.05, 0) is 31.9 Å². The molecule has 4 heteroatoms. The van der Waals surface area contributed by atoms with Crippen LogP contribution in [0.4, 0.5) is 5.95 Å². The number of ketones is 1. The first-order valence-corrected chi connectivity index (χ1v) is 9.20. The lowest BCUT2D eigenvalue weighted by atomic mass is 9.96. The van der Waals surface area contributed by atoms with Crippen LogP contribution in [-0.4, -0.2) is 15.8 Å². The molecule has 28 heavy (non-hydrogen) atoms. The molecule has 0 aliphatic heterocycles. The largest absolute Gasteiger partial charge is 0.368 e. The third-order valence-corrected chi connectivity index (χ3v) is 4.84. The number of hydrogen-bond acceptors (Lipinski definition) is 4. The number of nitrogens with zero attached hydrogens (tertiary/aromatic N) is 2. The molecule has 2 aromatic carbocycles. The maximum Gasteiger partial charge on any atom is 0.221 e. The predicted octanol–water partition coefficient (Wildman–Crippen LogP) is 5.31. The Balaban J connectivity index is 2.00. The Morgan fingerprint density at radius 3 is 2.29 bits per heavy atom. The second-order valence-electron chi connectivity index (χ2n) is 7.17. The van der Waals surface area contributed by atoms with E-state index in [1.807, 2.05) is 55.5 Å². The van der Waals surface area contributed by atoms with Crippen molar-refractivity contribution in [1.82, 2.24) is 9.97 Å². The lowest BCUT2D eigenvalue weighted by Gasteiger charge is -2.10. The van der Waals surface area contributed by atoms with Gasteiger partial charge < -0.3 is 5.73 Å². The maximum absolute atomic E-state index is 13.3. The van der Waals surface area contributed by atoms with Crippen molar-refractivity contribution in [3.05, 3.63) is 82.9 Å². The average Bonchev–Trinajstić information content (AvgIpc) is 2.98. The van der Waals surface area contributed by atoms with Crippen molar-refractivity contribution in [2.24, 2.45) is 0 Å². The monoisotopic (exact) mass is 367 g/mol. The van der Waals surface area contributed by atoms with Crippen molar-refractivity contribution >= 4 is 17.3 Å². The molecule has 0 saturated heterocycles. The van der Waals surface area contributed by atoms with Crippen molar-refractivity contribution in [3.63, 3.8) is 0 Å². The molecule has 0 atom stereocenters. The molecule has 0 spiro atoms. The molecular weight excluding hydrogens is 346 g/mol. The Morgan fingerprint density at radius 1 is 0.857 bits per heavy atom. The van der Waals surface area contributed by atoms with E-state index in [-0.39, 0.29) is 11.7 Å². The highest BCUT2D eigenvalue weighted by atomic mass is 16.1. The van der Waals surface area contributed by atoms with E-state index in [2.05, 4.69) is 36.0 Å². The molecule has 0 amide bonds. The van der Waals surface area contributed by atoms with Crippen LogP contribution in [0.1, 0.15) is 42.3 Å². The molecule has 1 heterocycles. The molecule has 0 radical (unpaired) electrons. The second kappa shape index (κ2) is 6.89. The molecule has 0 bridgehead atoms. The van der Waals surface area contributed by atoms with E-state index in [9.17, 15) is 4.79 Å². The third kappa shape index (κ3) is 2.93. The van der Waals surface area contributed by atoms with E-state index >= 15 is 0 Å². The molecule has 0 fully saturated rings. The van der Waals surface area contributed by atoms with Crippen LogP contribution in [0.5, 0.6) is 0 Å². The molecule has 138 valence electrons. The fourth-order valence-corrected chi connectivity index (χ4v) is 3.52. The van der Waals surface area contributed by atoms with Crippen LogP contribution in [0.25, 0.3) is 28.1 Å². The van der Waals surface area contributed by atoms with Gasteiger partial charge in [0.25, 0.3) is 0 Å². The molecule has 4 nitrogen and oxygen atoms in total. The van der Waals surface area contributed by atoms with Gasteiger partial charge in [0.2, 0.25) is 5.95 Å². The number of benzene rings is 2. The molecule has 1 aromatic heterocycles. The Kier molecular flexibility index (Phi) is 4.40. The molecule has 2 N–H and O–H groups in total. The van der Waals surface area contributed by atoms with E-state index in [0.29, 0.717) is 22.5 Å². The number of nitrogens with two attached hydrogens (primary N) is 1. The lowest BCUT2D eigenvalue weighted by Crippen LogP contribution is -2.05. The van der Waals surface area contributed by atoms with Crippen molar-refractivity contribution in [2.75, 3.05) is 5.73 Å². The topological polar surface area (TPSA) is 68.9 Å². The number of nitrogen functional groups attached to an aromatic ring is 1. The number of hydrogen-bond donors (Lipinski definition) is 1. The molecular formula is C24H21N3O.